The molecule has 160 valence electrons. The van der Waals surface area contributed by atoms with Crippen LogP contribution in [0.15, 0.2) is 82.8 Å². The number of aryl methyl sites for hydroxylation is 1. The minimum atomic E-state index is -3.84. The fraction of sp³-hybridized carbons (Fsp3) is 0.208. The van der Waals surface area contributed by atoms with Crippen molar-refractivity contribution in [3.63, 3.8) is 0 Å². The molecule has 0 amide bonds. The molecule has 0 spiro atoms. The first-order chi connectivity index (χ1) is 14.9. The Bertz CT molecular complexity index is 1200. The summed E-state index contributed by atoms with van der Waals surface area (Å²) in [4.78, 5) is 0.209. The van der Waals surface area contributed by atoms with Gasteiger partial charge in [-0.15, -0.1) is 0 Å². The Hall–Kier alpha value is -3.32. The lowest BCUT2D eigenvalue weighted by molar-refractivity contribution is 0.371. The van der Waals surface area contributed by atoms with Crippen LogP contribution in [-0.2, 0) is 10.0 Å². The Balaban J connectivity index is 1.83. The number of methoxy groups -OCH3 is 2. The van der Waals surface area contributed by atoms with Gasteiger partial charge in [-0.3, -0.25) is 0 Å². The standard InChI is InChI=1S/C24H24N2O4S/c1-17-8-7-9-18(12-17)24-16-23(19-13-20(29-2)15-21(14-19)30-3)25-26(24)31(27,28)22-10-5-4-6-11-22/h4-15,24H,16H2,1-3H3/t24-/m0/s1. The maximum Gasteiger partial charge on any atom is 0.279 e. The first-order valence-corrected chi connectivity index (χ1v) is 11.3. The fourth-order valence-corrected chi connectivity index (χ4v) is 5.14. The molecule has 0 saturated carbocycles. The van der Waals surface area contributed by atoms with Gasteiger partial charge in [-0.1, -0.05) is 48.0 Å². The minimum absolute atomic E-state index is 0.209. The molecule has 3 aromatic carbocycles. The third-order valence-corrected chi connectivity index (χ3v) is 6.97. The largest absolute Gasteiger partial charge is 0.497 e. The van der Waals surface area contributed by atoms with Crippen molar-refractivity contribution < 1.29 is 17.9 Å². The molecular weight excluding hydrogens is 412 g/mol. The Morgan fingerprint density at radius 3 is 2.19 bits per heavy atom. The van der Waals surface area contributed by atoms with Crippen LogP contribution in [-0.4, -0.2) is 32.8 Å². The molecule has 0 fully saturated rings. The summed E-state index contributed by atoms with van der Waals surface area (Å²) in [6.45, 7) is 1.99. The van der Waals surface area contributed by atoms with Crippen LogP contribution in [0.1, 0.15) is 29.2 Å². The second-order valence-corrected chi connectivity index (χ2v) is 9.17. The van der Waals surface area contributed by atoms with Crippen LogP contribution in [0.3, 0.4) is 0 Å². The van der Waals surface area contributed by atoms with Gasteiger partial charge in [0.15, 0.2) is 0 Å². The maximum absolute atomic E-state index is 13.5. The Morgan fingerprint density at radius 2 is 1.58 bits per heavy atom. The SMILES string of the molecule is COc1cc(OC)cc(C2=NN(S(=O)(=O)c3ccccc3)[C@H](c3cccc(C)c3)C2)c1. The van der Waals surface area contributed by atoms with E-state index in [0.717, 1.165) is 16.7 Å². The zero-order valence-corrected chi connectivity index (χ0v) is 18.5. The molecule has 0 aliphatic carbocycles. The van der Waals surface area contributed by atoms with Gasteiger partial charge in [0, 0.05) is 18.1 Å². The summed E-state index contributed by atoms with van der Waals surface area (Å²) in [7, 11) is -0.678. The highest BCUT2D eigenvalue weighted by molar-refractivity contribution is 7.89. The summed E-state index contributed by atoms with van der Waals surface area (Å²) in [6.07, 6.45) is 0.436. The number of rotatable bonds is 6. The fourth-order valence-electron chi connectivity index (χ4n) is 3.68. The molecule has 7 heteroatoms. The smallest absolute Gasteiger partial charge is 0.279 e. The van der Waals surface area contributed by atoms with E-state index in [1.54, 1.807) is 50.6 Å². The van der Waals surface area contributed by atoms with E-state index >= 15 is 0 Å². The molecule has 6 nitrogen and oxygen atoms in total. The molecule has 4 rings (SSSR count). The molecule has 0 N–H and O–H groups in total. The average Bonchev–Trinajstić information content (AvgIpc) is 3.26. The van der Waals surface area contributed by atoms with Gasteiger partial charge in [-0.05, 0) is 36.8 Å². The van der Waals surface area contributed by atoms with E-state index in [2.05, 4.69) is 5.10 Å². The van der Waals surface area contributed by atoms with Gasteiger partial charge in [0.25, 0.3) is 10.0 Å². The maximum atomic E-state index is 13.5. The Morgan fingerprint density at radius 1 is 0.903 bits per heavy atom. The van der Waals surface area contributed by atoms with Crippen LogP contribution in [0.2, 0.25) is 0 Å². The lowest BCUT2D eigenvalue weighted by Crippen LogP contribution is -2.27. The number of sulfonamides is 1. The first kappa shape index (κ1) is 20.9. The third-order valence-electron chi connectivity index (χ3n) is 5.27. The van der Waals surface area contributed by atoms with E-state index in [-0.39, 0.29) is 4.90 Å². The number of hydrogen-bond donors (Lipinski definition) is 0. The zero-order chi connectivity index (χ0) is 22.0. The molecule has 31 heavy (non-hydrogen) atoms. The van der Waals surface area contributed by atoms with Gasteiger partial charge >= 0.3 is 0 Å². The molecule has 1 aliphatic rings. The molecule has 0 aromatic heterocycles. The summed E-state index contributed by atoms with van der Waals surface area (Å²) in [5, 5.41) is 4.60. The van der Waals surface area contributed by atoms with Crippen molar-refractivity contribution >= 4 is 15.7 Å². The molecule has 1 aliphatic heterocycles. The molecule has 0 radical (unpaired) electrons. The first-order valence-electron chi connectivity index (χ1n) is 9.89. The third kappa shape index (κ3) is 4.14. The monoisotopic (exact) mass is 436 g/mol. The van der Waals surface area contributed by atoms with Gasteiger partial charge in [0.05, 0.1) is 30.9 Å². The van der Waals surface area contributed by atoms with Crippen LogP contribution in [0.4, 0.5) is 0 Å². The zero-order valence-electron chi connectivity index (χ0n) is 17.6. The van der Waals surface area contributed by atoms with Gasteiger partial charge in [-0.25, -0.2) is 0 Å². The summed E-state index contributed by atoms with van der Waals surface area (Å²) >= 11 is 0. The van der Waals surface area contributed by atoms with Crippen molar-refractivity contribution in [3.05, 3.63) is 89.5 Å². The molecule has 1 heterocycles. The molecule has 3 aromatic rings. The van der Waals surface area contributed by atoms with Crippen LogP contribution >= 0.6 is 0 Å². The Kier molecular flexibility index (Phi) is 5.69. The lowest BCUT2D eigenvalue weighted by atomic mass is 9.98. The number of hydrogen-bond acceptors (Lipinski definition) is 5. The van der Waals surface area contributed by atoms with Crippen molar-refractivity contribution in [2.75, 3.05) is 14.2 Å². The highest BCUT2D eigenvalue weighted by Gasteiger charge is 2.37. The molecule has 0 unspecified atom stereocenters. The van der Waals surface area contributed by atoms with E-state index in [1.807, 2.05) is 43.3 Å². The number of nitrogens with zero attached hydrogens (tertiary/aromatic N) is 2. The summed E-state index contributed by atoms with van der Waals surface area (Å²) in [5.41, 5.74) is 3.38. The normalized spacial score (nSPS) is 16.2. The van der Waals surface area contributed by atoms with Gasteiger partial charge in [0.2, 0.25) is 0 Å². The summed E-state index contributed by atoms with van der Waals surface area (Å²) in [5.74, 6) is 1.24. The minimum Gasteiger partial charge on any atom is -0.497 e. The lowest BCUT2D eigenvalue weighted by Gasteiger charge is -2.23. The van der Waals surface area contributed by atoms with Crippen LogP contribution in [0.25, 0.3) is 0 Å². The van der Waals surface area contributed by atoms with Crippen LogP contribution in [0, 0.1) is 6.92 Å². The topological polar surface area (TPSA) is 68.2 Å². The van der Waals surface area contributed by atoms with E-state index in [0.29, 0.717) is 23.6 Å². The van der Waals surface area contributed by atoms with Crippen molar-refractivity contribution in [1.29, 1.82) is 0 Å². The predicted molar refractivity (Wildman–Crippen MR) is 120 cm³/mol. The highest BCUT2D eigenvalue weighted by atomic mass is 32.2. The van der Waals surface area contributed by atoms with Gasteiger partial charge in [0.1, 0.15) is 11.5 Å². The van der Waals surface area contributed by atoms with Crippen molar-refractivity contribution in [2.45, 2.75) is 24.3 Å². The van der Waals surface area contributed by atoms with E-state index in [1.165, 1.54) is 4.41 Å². The number of hydrazone groups is 1. The summed E-state index contributed by atoms with van der Waals surface area (Å²) in [6, 6.07) is 21.3. The molecule has 0 bridgehead atoms. The predicted octanol–water partition coefficient (Wildman–Crippen LogP) is 4.55. The van der Waals surface area contributed by atoms with Crippen LogP contribution in [0.5, 0.6) is 11.5 Å². The highest BCUT2D eigenvalue weighted by Crippen LogP contribution is 2.38. The molecular formula is C24H24N2O4S. The van der Waals surface area contributed by atoms with E-state index in [4.69, 9.17) is 9.47 Å². The second kappa shape index (κ2) is 8.43. The average molecular weight is 437 g/mol. The molecule has 0 saturated heterocycles. The second-order valence-electron chi connectivity index (χ2n) is 7.37. The van der Waals surface area contributed by atoms with E-state index in [9.17, 15) is 8.42 Å². The molecule has 1 atom stereocenters. The quantitative estimate of drug-likeness (QED) is 0.568. The Labute approximate surface area is 182 Å². The van der Waals surface area contributed by atoms with Gasteiger partial charge in [-0.2, -0.15) is 17.9 Å². The van der Waals surface area contributed by atoms with Crippen molar-refractivity contribution in [3.8, 4) is 11.5 Å². The van der Waals surface area contributed by atoms with Gasteiger partial charge < -0.3 is 9.47 Å². The summed E-state index contributed by atoms with van der Waals surface area (Å²) < 4.78 is 39.0. The van der Waals surface area contributed by atoms with E-state index < -0.39 is 16.1 Å². The van der Waals surface area contributed by atoms with Crippen molar-refractivity contribution in [1.82, 2.24) is 4.41 Å². The van der Waals surface area contributed by atoms with Crippen molar-refractivity contribution in [2.24, 2.45) is 5.10 Å². The number of benzene rings is 3. The number of ether oxygens (including phenoxy) is 2. The van der Waals surface area contributed by atoms with Crippen LogP contribution < -0.4 is 9.47 Å².